The maximum absolute atomic E-state index is 13.8. The highest BCUT2D eigenvalue weighted by molar-refractivity contribution is 7.17. The predicted molar refractivity (Wildman–Crippen MR) is 140 cm³/mol. The number of ether oxygens (including phenoxy) is 2. The zero-order valence-electron chi connectivity index (χ0n) is 20.8. The Hall–Kier alpha value is -2.66. The standard InChI is InChI=1S/C26H31ClN4O5S/c1-29-8-6-17-2-3-19(14-18(17)7-9-29)24(32)31-16-20(28-26(34)36-23-5-4-22(27)37-23)15-21(31)25(33)30-10-12-35-13-11-30/h2-5,14,20-21H,6-13,15-16H2,1H3,(H,28,34). The first-order valence-electron chi connectivity index (χ1n) is 12.6. The van der Waals surface area contributed by atoms with Gasteiger partial charge >= 0.3 is 6.09 Å². The fourth-order valence-corrected chi connectivity index (χ4v) is 6.04. The quantitative estimate of drug-likeness (QED) is 0.634. The van der Waals surface area contributed by atoms with Gasteiger partial charge in [0.15, 0.2) is 5.06 Å². The van der Waals surface area contributed by atoms with Gasteiger partial charge in [-0.25, -0.2) is 4.79 Å². The summed E-state index contributed by atoms with van der Waals surface area (Å²) in [5, 5.41) is 3.21. The Labute approximate surface area is 225 Å². The first-order chi connectivity index (χ1) is 17.9. The zero-order valence-corrected chi connectivity index (χ0v) is 22.4. The van der Waals surface area contributed by atoms with Crippen molar-refractivity contribution in [3.05, 3.63) is 51.4 Å². The molecule has 3 amide bonds. The number of likely N-dealkylation sites (N-methyl/N-ethyl adjacent to an activating group) is 1. The maximum atomic E-state index is 13.8. The molecule has 0 saturated carbocycles. The van der Waals surface area contributed by atoms with Gasteiger partial charge in [0.05, 0.1) is 23.6 Å². The van der Waals surface area contributed by atoms with Crippen LogP contribution >= 0.6 is 22.9 Å². The van der Waals surface area contributed by atoms with E-state index in [2.05, 4.69) is 17.3 Å². The van der Waals surface area contributed by atoms with Crippen molar-refractivity contribution in [1.82, 2.24) is 20.0 Å². The number of nitrogens with zero attached hydrogens (tertiary/aromatic N) is 3. The number of carbonyl (C=O) groups is 3. The van der Waals surface area contributed by atoms with Gasteiger partial charge in [0, 0.05) is 38.3 Å². The van der Waals surface area contributed by atoms with Gasteiger partial charge in [-0.1, -0.05) is 29.0 Å². The third-order valence-corrected chi connectivity index (χ3v) is 8.32. The minimum atomic E-state index is -0.669. The summed E-state index contributed by atoms with van der Waals surface area (Å²) in [5.41, 5.74) is 3.01. The summed E-state index contributed by atoms with van der Waals surface area (Å²) in [5.74, 6) is -0.314. The molecule has 4 heterocycles. The third-order valence-electron chi connectivity index (χ3n) is 7.21. The van der Waals surface area contributed by atoms with E-state index >= 15 is 0 Å². The number of fused-ring (bicyclic) bond motifs is 1. The van der Waals surface area contributed by atoms with E-state index in [4.69, 9.17) is 21.1 Å². The largest absolute Gasteiger partial charge is 0.413 e. The normalized spacial score (nSPS) is 22.3. The molecule has 2 aromatic rings. The van der Waals surface area contributed by atoms with Crippen molar-refractivity contribution in [1.29, 1.82) is 0 Å². The number of carbonyl (C=O) groups excluding carboxylic acids is 3. The average Bonchev–Trinajstić information content (AvgIpc) is 3.45. The van der Waals surface area contributed by atoms with E-state index in [1.54, 1.807) is 21.9 Å². The molecule has 0 bridgehead atoms. The van der Waals surface area contributed by atoms with Gasteiger partial charge in [-0.2, -0.15) is 0 Å². The molecule has 9 nitrogen and oxygen atoms in total. The van der Waals surface area contributed by atoms with Crippen LogP contribution in [0.1, 0.15) is 27.9 Å². The molecule has 3 aliphatic heterocycles. The van der Waals surface area contributed by atoms with E-state index < -0.39 is 18.2 Å². The third kappa shape index (κ3) is 6.09. The molecule has 11 heteroatoms. The van der Waals surface area contributed by atoms with Gasteiger partial charge in [-0.3, -0.25) is 9.59 Å². The second kappa shape index (κ2) is 11.4. The van der Waals surface area contributed by atoms with Gasteiger partial charge in [0.2, 0.25) is 5.91 Å². The zero-order chi connectivity index (χ0) is 25.9. The van der Waals surface area contributed by atoms with Crippen LogP contribution in [0.3, 0.4) is 0 Å². The lowest BCUT2D eigenvalue weighted by atomic mass is 9.99. The topological polar surface area (TPSA) is 91.4 Å². The minimum absolute atomic E-state index is 0.115. The molecule has 0 radical (unpaired) electrons. The number of benzene rings is 1. The molecule has 37 heavy (non-hydrogen) atoms. The van der Waals surface area contributed by atoms with Crippen molar-refractivity contribution in [3.8, 4) is 5.06 Å². The first-order valence-corrected chi connectivity index (χ1v) is 13.8. The lowest BCUT2D eigenvalue weighted by molar-refractivity contribution is -0.139. The minimum Gasteiger partial charge on any atom is -0.399 e. The Bertz CT molecular complexity index is 1170. The second-order valence-electron chi connectivity index (χ2n) is 9.72. The summed E-state index contributed by atoms with van der Waals surface area (Å²) in [4.78, 5) is 45.4. The SMILES string of the molecule is CN1CCc2ccc(C(=O)N3CC(NC(=O)Oc4ccc(Cl)s4)CC3C(=O)N3CCOCC3)cc2CC1. The van der Waals surface area contributed by atoms with E-state index in [9.17, 15) is 14.4 Å². The molecule has 3 aliphatic rings. The highest BCUT2D eigenvalue weighted by atomic mass is 35.5. The number of thiophene rings is 1. The Balaban J connectivity index is 1.33. The monoisotopic (exact) mass is 546 g/mol. The fourth-order valence-electron chi connectivity index (χ4n) is 5.17. The summed E-state index contributed by atoms with van der Waals surface area (Å²) in [6.07, 6.45) is 1.51. The molecule has 1 aromatic heterocycles. The van der Waals surface area contributed by atoms with Gasteiger partial charge < -0.3 is 29.5 Å². The molecule has 2 atom stereocenters. The molecule has 1 N–H and O–H groups in total. The highest BCUT2D eigenvalue weighted by Gasteiger charge is 2.42. The van der Waals surface area contributed by atoms with E-state index in [1.807, 2.05) is 18.2 Å². The Kier molecular flexibility index (Phi) is 7.99. The van der Waals surface area contributed by atoms with Crippen LogP contribution in [0.2, 0.25) is 4.34 Å². The molecule has 0 aliphatic carbocycles. The van der Waals surface area contributed by atoms with Crippen LogP contribution in [0.5, 0.6) is 5.06 Å². The van der Waals surface area contributed by atoms with Gasteiger partial charge in [0.25, 0.3) is 5.91 Å². The van der Waals surface area contributed by atoms with Crippen molar-refractivity contribution < 1.29 is 23.9 Å². The van der Waals surface area contributed by atoms with Crippen molar-refractivity contribution in [2.75, 3.05) is 53.0 Å². The van der Waals surface area contributed by atoms with Crippen LogP contribution < -0.4 is 10.1 Å². The number of rotatable bonds is 4. The first kappa shape index (κ1) is 26.0. The van der Waals surface area contributed by atoms with Gasteiger partial charge in [0.1, 0.15) is 6.04 Å². The van der Waals surface area contributed by atoms with E-state index in [1.165, 1.54) is 11.1 Å². The predicted octanol–water partition coefficient (Wildman–Crippen LogP) is 2.66. The van der Waals surface area contributed by atoms with Crippen molar-refractivity contribution >= 4 is 40.8 Å². The van der Waals surface area contributed by atoms with Crippen LogP contribution in [0.25, 0.3) is 0 Å². The molecular formula is C26H31ClN4O5S. The van der Waals surface area contributed by atoms with E-state index in [0.717, 1.165) is 37.3 Å². The molecule has 198 valence electrons. The lowest BCUT2D eigenvalue weighted by Gasteiger charge is -2.32. The summed E-state index contributed by atoms with van der Waals surface area (Å²) < 4.78 is 11.3. The number of halogens is 1. The van der Waals surface area contributed by atoms with Crippen molar-refractivity contribution in [2.24, 2.45) is 0 Å². The molecule has 0 spiro atoms. The lowest BCUT2D eigenvalue weighted by Crippen LogP contribution is -2.51. The van der Waals surface area contributed by atoms with Crippen LogP contribution in [0, 0.1) is 0 Å². The van der Waals surface area contributed by atoms with Crippen LogP contribution in [0.15, 0.2) is 30.3 Å². The molecular weight excluding hydrogens is 516 g/mol. The summed E-state index contributed by atoms with van der Waals surface area (Å²) in [7, 11) is 2.11. The smallest absolute Gasteiger partial charge is 0.399 e. The Morgan fingerprint density at radius 3 is 2.54 bits per heavy atom. The van der Waals surface area contributed by atoms with Crippen LogP contribution in [0.4, 0.5) is 4.79 Å². The molecule has 1 aromatic carbocycles. The van der Waals surface area contributed by atoms with E-state index in [0.29, 0.717) is 47.7 Å². The molecule has 2 unspecified atom stereocenters. The number of nitrogens with one attached hydrogen (secondary N) is 1. The second-order valence-corrected chi connectivity index (χ2v) is 11.4. The average molecular weight is 547 g/mol. The van der Waals surface area contributed by atoms with Crippen LogP contribution in [-0.2, 0) is 22.4 Å². The van der Waals surface area contributed by atoms with E-state index in [-0.39, 0.29) is 18.4 Å². The molecule has 2 fully saturated rings. The van der Waals surface area contributed by atoms with Crippen LogP contribution in [-0.4, -0.2) is 97.7 Å². The fraction of sp³-hybridized carbons (Fsp3) is 0.500. The maximum Gasteiger partial charge on any atom is 0.413 e. The number of hydrogen-bond acceptors (Lipinski definition) is 7. The summed E-state index contributed by atoms with van der Waals surface area (Å²) in [6.45, 7) is 4.08. The number of hydrogen-bond donors (Lipinski definition) is 1. The summed E-state index contributed by atoms with van der Waals surface area (Å²) >= 11 is 7.08. The van der Waals surface area contributed by atoms with Crippen molar-refractivity contribution in [3.63, 3.8) is 0 Å². The Morgan fingerprint density at radius 1 is 1.05 bits per heavy atom. The molecule has 2 saturated heterocycles. The highest BCUT2D eigenvalue weighted by Crippen LogP contribution is 2.29. The summed E-state index contributed by atoms with van der Waals surface area (Å²) in [6, 6.07) is 8.06. The molecule has 5 rings (SSSR count). The number of morpholine rings is 1. The number of likely N-dealkylation sites (tertiary alicyclic amines) is 1. The number of amides is 3. The van der Waals surface area contributed by atoms with Crippen molar-refractivity contribution in [2.45, 2.75) is 31.3 Å². The van der Waals surface area contributed by atoms with Gasteiger partial charge in [-0.15, -0.1) is 0 Å². The van der Waals surface area contributed by atoms with Gasteiger partial charge in [-0.05, 0) is 61.7 Å². The Morgan fingerprint density at radius 2 is 1.81 bits per heavy atom.